The van der Waals surface area contributed by atoms with Gasteiger partial charge in [0.1, 0.15) is 0 Å². The second-order valence-corrected chi connectivity index (χ2v) is 6.49. The van der Waals surface area contributed by atoms with E-state index in [2.05, 4.69) is 27.8 Å². The van der Waals surface area contributed by atoms with Crippen molar-refractivity contribution >= 4 is 11.9 Å². The second-order valence-electron chi connectivity index (χ2n) is 6.49. The monoisotopic (exact) mass is 310 g/mol. The lowest BCUT2D eigenvalue weighted by Gasteiger charge is -2.31. The number of hydrogen-bond donors (Lipinski definition) is 3. The van der Waals surface area contributed by atoms with Gasteiger partial charge in [0.2, 0.25) is 5.91 Å². The molecule has 0 unspecified atom stereocenters. The number of amides is 3. The molecule has 0 aromatic carbocycles. The highest BCUT2D eigenvalue weighted by Gasteiger charge is 2.20. The van der Waals surface area contributed by atoms with Crippen LogP contribution in [0.25, 0.3) is 0 Å². The maximum Gasteiger partial charge on any atom is 0.315 e. The number of nitrogens with zero attached hydrogens (tertiary/aromatic N) is 1. The number of piperidine rings is 1. The van der Waals surface area contributed by atoms with Gasteiger partial charge in [-0.2, -0.15) is 0 Å². The van der Waals surface area contributed by atoms with Crippen molar-refractivity contribution in [3.8, 4) is 0 Å². The van der Waals surface area contributed by atoms with E-state index in [9.17, 15) is 9.59 Å². The number of urea groups is 1. The summed E-state index contributed by atoms with van der Waals surface area (Å²) in [6, 6.07) is 0.0153. The Morgan fingerprint density at radius 1 is 1.05 bits per heavy atom. The normalized spacial score (nSPS) is 20.8. The van der Waals surface area contributed by atoms with Crippen molar-refractivity contribution in [1.29, 1.82) is 0 Å². The number of likely N-dealkylation sites (tertiary alicyclic amines) is 1. The summed E-state index contributed by atoms with van der Waals surface area (Å²) in [4.78, 5) is 25.9. The summed E-state index contributed by atoms with van der Waals surface area (Å²) in [6.45, 7) is 6.09. The van der Waals surface area contributed by atoms with Gasteiger partial charge < -0.3 is 20.9 Å². The molecule has 6 nitrogen and oxygen atoms in total. The zero-order chi connectivity index (χ0) is 15.8. The minimum Gasteiger partial charge on any atom is -0.352 e. The van der Waals surface area contributed by atoms with Crippen molar-refractivity contribution in [2.75, 3.05) is 32.7 Å². The molecule has 0 aromatic rings. The fraction of sp³-hybridized carbons (Fsp3) is 0.875. The lowest BCUT2D eigenvalue weighted by Crippen LogP contribution is -2.48. The van der Waals surface area contributed by atoms with Crippen molar-refractivity contribution in [2.24, 2.45) is 5.92 Å². The van der Waals surface area contributed by atoms with Crippen molar-refractivity contribution in [1.82, 2.24) is 20.9 Å². The first-order valence-electron chi connectivity index (χ1n) is 8.70. The van der Waals surface area contributed by atoms with Crippen LogP contribution in [0.3, 0.4) is 0 Å². The van der Waals surface area contributed by atoms with Gasteiger partial charge in [-0.05, 0) is 38.1 Å². The van der Waals surface area contributed by atoms with Crippen LogP contribution in [0.15, 0.2) is 0 Å². The predicted molar refractivity (Wildman–Crippen MR) is 86.6 cm³/mol. The van der Waals surface area contributed by atoms with Crippen LogP contribution in [0.4, 0.5) is 4.79 Å². The van der Waals surface area contributed by atoms with Crippen LogP contribution in [-0.4, -0.2) is 55.6 Å². The molecule has 0 aromatic heterocycles. The summed E-state index contributed by atoms with van der Waals surface area (Å²) >= 11 is 0. The smallest absolute Gasteiger partial charge is 0.315 e. The highest BCUT2D eigenvalue weighted by atomic mass is 16.2. The molecule has 6 heteroatoms. The first kappa shape index (κ1) is 17.1. The molecule has 126 valence electrons. The molecule has 1 aliphatic carbocycles. The third kappa shape index (κ3) is 5.83. The topological polar surface area (TPSA) is 73.5 Å². The van der Waals surface area contributed by atoms with Gasteiger partial charge in [-0.15, -0.1) is 0 Å². The lowest BCUT2D eigenvalue weighted by molar-refractivity contribution is -0.121. The molecule has 0 spiro atoms. The SMILES string of the molecule is CCN1CCC(NC(=O)CNC(=O)NCC2CCCC2)CC1. The zero-order valence-corrected chi connectivity index (χ0v) is 13.7. The van der Waals surface area contributed by atoms with E-state index in [0.29, 0.717) is 5.92 Å². The molecule has 2 aliphatic rings. The quantitative estimate of drug-likeness (QED) is 0.687. The Bertz CT molecular complexity index is 361. The Morgan fingerprint density at radius 2 is 1.73 bits per heavy atom. The van der Waals surface area contributed by atoms with Crippen LogP contribution < -0.4 is 16.0 Å². The predicted octanol–water partition coefficient (Wildman–Crippen LogP) is 1.08. The summed E-state index contributed by atoms with van der Waals surface area (Å²) in [6.07, 6.45) is 6.94. The van der Waals surface area contributed by atoms with Crippen molar-refractivity contribution in [3.63, 3.8) is 0 Å². The van der Waals surface area contributed by atoms with Crippen LogP contribution in [-0.2, 0) is 4.79 Å². The number of nitrogens with one attached hydrogen (secondary N) is 3. The van der Waals surface area contributed by atoms with E-state index in [1.54, 1.807) is 0 Å². The van der Waals surface area contributed by atoms with Crippen molar-refractivity contribution < 1.29 is 9.59 Å². The molecule has 2 rings (SSSR count). The molecule has 1 heterocycles. The molecule has 3 N–H and O–H groups in total. The second kappa shape index (κ2) is 8.98. The number of carbonyl (C=O) groups excluding carboxylic acids is 2. The van der Waals surface area contributed by atoms with Crippen LogP contribution >= 0.6 is 0 Å². The molecule has 22 heavy (non-hydrogen) atoms. The Morgan fingerprint density at radius 3 is 2.36 bits per heavy atom. The largest absolute Gasteiger partial charge is 0.352 e. The van der Waals surface area contributed by atoms with Crippen LogP contribution in [0.2, 0.25) is 0 Å². The van der Waals surface area contributed by atoms with Crippen LogP contribution in [0.1, 0.15) is 45.4 Å². The molecule has 1 aliphatic heterocycles. The van der Waals surface area contributed by atoms with E-state index in [4.69, 9.17) is 0 Å². The van der Waals surface area contributed by atoms with Gasteiger partial charge in [0.15, 0.2) is 0 Å². The lowest BCUT2D eigenvalue weighted by atomic mass is 10.1. The maximum absolute atomic E-state index is 11.9. The molecule has 0 atom stereocenters. The third-order valence-corrected chi connectivity index (χ3v) is 4.84. The average molecular weight is 310 g/mol. The fourth-order valence-corrected chi connectivity index (χ4v) is 3.35. The Balaban J connectivity index is 1.54. The van der Waals surface area contributed by atoms with E-state index in [1.165, 1.54) is 25.7 Å². The standard InChI is InChI=1S/C16H30N4O2/c1-2-20-9-7-14(8-10-20)19-15(21)12-18-16(22)17-11-13-5-3-4-6-13/h13-14H,2-12H2,1H3,(H,19,21)(H2,17,18,22). The van der Waals surface area contributed by atoms with Gasteiger partial charge in [-0.1, -0.05) is 19.8 Å². The van der Waals surface area contributed by atoms with Gasteiger partial charge in [0, 0.05) is 25.7 Å². The molecule has 1 saturated carbocycles. The van der Waals surface area contributed by atoms with Gasteiger partial charge in [-0.25, -0.2) is 4.79 Å². The number of rotatable bonds is 6. The van der Waals surface area contributed by atoms with Gasteiger partial charge >= 0.3 is 6.03 Å². The summed E-state index contributed by atoms with van der Waals surface area (Å²) in [7, 11) is 0. The minimum absolute atomic E-state index is 0.0600. The van der Waals surface area contributed by atoms with Gasteiger partial charge in [-0.3, -0.25) is 4.79 Å². The Kier molecular flexibility index (Phi) is 6.96. The Labute approximate surface area is 133 Å². The van der Waals surface area contributed by atoms with E-state index in [0.717, 1.165) is 39.0 Å². The summed E-state index contributed by atoms with van der Waals surface area (Å²) in [5.41, 5.74) is 0. The van der Waals surface area contributed by atoms with Crippen LogP contribution in [0, 0.1) is 5.92 Å². The van der Waals surface area contributed by atoms with E-state index < -0.39 is 0 Å². The average Bonchev–Trinajstić information content (AvgIpc) is 3.05. The van der Waals surface area contributed by atoms with Gasteiger partial charge in [0.05, 0.1) is 6.54 Å². The maximum atomic E-state index is 11.9. The molecular formula is C16H30N4O2. The molecule has 2 fully saturated rings. The Hall–Kier alpha value is -1.30. The minimum atomic E-state index is -0.233. The fourth-order valence-electron chi connectivity index (χ4n) is 3.35. The molecule has 0 bridgehead atoms. The molecule has 0 radical (unpaired) electrons. The van der Waals surface area contributed by atoms with E-state index in [-0.39, 0.29) is 24.5 Å². The highest BCUT2D eigenvalue weighted by Crippen LogP contribution is 2.23. The number of carbonyl (C=O) groups is 2. The highest BCUT2D eigenvalue weighted by molar-refractivity contribution is 5.84. The van der Waals surface area contributed by atoms with E-state index in [1.807, 2.05) is 0 Å². The summed E-state index contributed by atoms with van der Waals surface area (Å²) < 4.78 is 0. The van der Waals surface area contributed by atoms with Crippen LogP contribution in [0.5, 0.6) is 0 Å². The molecule has 3 amide bonds. The summed E-state index contributed by atoms with van der Waals surface area (Å²) in [5, 5.41) is 8.51. The molecular weight excluding hydrogens is 280 g/mol. The number of hydrogen-bond acceptors (Lipinski definition) is 3. The summed E-state index contributed by atoms with van der Waals surface area (Å²) in [5.74, 6) is 0.522. The van der Waals surface area contributed by atoms with Gasteiger partial charge in [0.25, 0.3) is 0 Å². The van der Waals surface area contributed by atoms with Crippen molar-refractivity contribution in [3.05, 3.63) is 0 Å². The first-order valence-corrected chi connectivity index (χ1v) is 8.70. The zero-order valence-electron chi connectivity index (χ0n) is 13.7. The third-order valence-electron chi connectivity index (χ3n) is 4.84. The van der Waals surface area contributed by atoms with E-state index >= 15 is 0 Å². The first-order chi connectivity index (χ1) is 10.7. The molecule has 1 saturated heterocycles. The van der Waals surface area contributed by atoms with Crippen molar-refractivity contribution in [2.45, 2.75) is 51.5 Å².